The fourth-order valence-corrected chi connectivity index (χ4v) is 3.04. The summed E-state index contributed by atoms with van der Waals surface area (Å²) in [5.74, 6) is 1.17. The molecule has 0 aromatic carbocycles. The number of hydrogen-bond donors (Lipinski definition) is 2. The van der Waals surface area contributed by atoms with E-state index >= 15 is 0 Å². The van der Waals surface area contributed by atoms with Gasteiger partial charge in [-0.25, -0.2) is 0 Å². The summed E-state index contributed by atoms with van der Waals surface area (Å²) in [5, 5.41) is 14.8. The third kappa shape index (κ3) is 5.76. The topological polar surface area (TPSA) is 80.0 Å². The molecule has 114 valence electrons. The molecule has 0 atom stereocenters. The molecule has 2 rings (SSSR count). The van der Waals surface area contributed by atoms with Gasteiger partial charge < -0.3 is 15.1 Å². The van der Waals surface area contributed by atoms with Crippen LogP contribution in [0, 0.1) is 0 Å². The van der Waals surface area contributed by atoms with Crippen molar-refractivity contribution in [3.63, 3.8) is 0 Å². The monoisotopic (exact) mass is 326 g/mol. The van der Waals surface area contributed by atoms with Gasteiger partial charge in [-0.3, -0.25) is 4.79 Å². The molecule has 0 unspecified atom stereocenters. The molecule has 0 spiro atoms. The molecule has 0 aliphatic carbocycles. The van der Waals surface area contributed by atoms with Gasteiger partial charge in [0.1, 0.15) is 5.76 Å². The second-order valence-electron chi connectivity index (χ2n) is 5.39. The summed E-state index contributed by atoms with van der Waals surface area (Å²) in [6, 6.07) is 3.73. The number of furan rings is 1. The third-order valence-electron chi connectivity index (χ3n) is 2.24. The van der Waals surface area contributed by atoms with E-state index in [4.69, 9.17) is 4.42 Å². The summed E-state index contributed by atoms with van der Waals surface area (Å²) in [5.41, 5.74) is -0.214. The van der Waals surface area contributed by atoms with Crippen molar-refractivity contribution in [2.75, 3.05) is 11.1 Å². The van der Waals surface area contributed by atoms with E-state index in [-0.39, 0.29) is 11.4 Å². The van der Waals surface area contributed by atoms with Crippen molar-refractivity contribution >= 4 is 34.1 Å². The molecule has 1 amide bonds. The normalized spacial score (nSPS) is 11.4. The van der Waals surface area contributed by atoms with Crippen molar-refractivity contribution in [1.82, 2.24) is 15.5 Å². The fraction of sp³-hybridized carbons (Fsp3) is 0.462. The average Bonchev–Trinajstić information content (AvgIpc) is 3.03. The number of amides is 1. The lowest BCUT2D eigenvalue weighted by molar-refractivity contribution is -0.119. The van der Waals surface area contributed by atoms with Gasteiger partial charge in [-0.05, 0) is 32.9 Å². The van der Waals surface area contributed by atoms with Crippen molar-refractivity contribution in [2.24, 2.45) is 0 Å². The number of thioether (sulfide) groups is 1. The lowest BCUT2D eigenvalue weighted by Crippen LogP contribution is -2.41. The minimum atomic E-state index is -0.214. The highest BCUT2D eigenvalue weighted by molar-refractivity contribution is 8.01. The van der Waals surface area contributed by atoms with Gasteiger partial charge in [0.15, 0.2) is 4.34 Å². The van der Waals surface area contributed by atoms with Gasteiger partial charge >= 0.3 is 0 Å². The van der Waals surface area contributed by atoms with Crippen LogP contribution in [-0.2, 0) is 11.3 Å². The summed E-state index contributed by atoms with van der Waals surface area (Å²) in [6.07, 6.45) is 1.63. The molecule has 0 radical (unpaired) electrons. The Morgan fingerprint density at radius 3 is 2.90 bits per heavy atom. The van der Waals surface area contributed by atoms with Crippen LogP contribution in [0.1, 0.15) is 26.5 Å². The second-order valence-corrected chi connectivity index (χ2v) is 7.59. The molecular formula is C13H18N4O2S2. The van der Waals surface area contributed by atoms with Crippen LogP contribution in [0.2, 0.25) is 0 Å². The van der Waals surface area contributed by atoms with Crippen LogP contribution in [0.25, 0.3) is 0 Å². The van der Waals surface area contributed by atoms with Crippen molar-refractivity contribution in [1.29, 1.82) is 0 Å². The Labute approximate surface area is 131 Å². The average molecular weight is 326 g/mol. The highest BCUT2D eigenvalue weighted by Crippen LogP contribution is 2.25. The second kappa shape index (κ2) is 6.95. The first-order chi connectivity index (χ1) is 9.92. The van der Waals surface area contributed by atoms with Gasteiger partial charge in [0.25, 0.3) is 0 Å². The van der Waals surface area contributed by atoms with Gasteiger partial charge in [0.2, 0.25) is 11.0 Å². The molecule has 2 aromatic heterocycles. The van der Waals surface area contributed by atoms with Gasteiger partial charge in [-0.1, -0.05) is 23.1 Å². The zero-order valence-corrected chi connectivity index (χ0v) is 13.8. The Morgan fingerprint density at radius 2 is 2.24 bits per heavy atom. The minimum Gasteiger partial charge on any atom is -0.467 e. The summed E-state index contributed by atoms with van der Waals surface area (Å²) in [6.45, 7) is 6.43. The van der Waals surface area contributed by atoms with Crippen LogP contribution in [0.4, 0.5) is 5.13 Å². The number of anilines is 1. The SMILES string of the molecule is CC(C)(C)NC(=O)CSc1nnc(NCc2ccco2)s1. The molecule has 8 heteroatoms. The lowest BCUT2D eigenvalue weighted by atomic mass is 10.1. The van der Waals surface area contributed by atoms with E-state index in [0.717, 1.165) is 10.1 Å². The largest absolute Gasteiger partial charge is 0.467 e. The Balaban J connectivity index is 1.76. The maximum Gasteiger partial charge on any atom is 0.230 e. The molecular weight excluding hydrogens is 308 g/mol. The van der Waals surface area contributed by atoms with Gasteiger partial charge in [0.05, 0.1) is 18.6 Å². The third-order valence-corrected chi connectivity index (χ3v) is 4.26. The minimum absolute atomic E-state index is 0.00667. The van der Waals surface area contributed by atoms with Crippen LogP contribution >= 0.6 is 23.1 Å². The zero-order chi connectivity index (χ0) is 15.3. The molecule has 2 heterocycles. The molecule has 0 saturated carbocycles. The number of nitrogens with one attached hydrogen (secondary N) is 2. The maximum atomic E-state index is 11.7. The Kier molecular flexibility index (Phi) is 5.24. The van der Waals surface area contributed by atoms with Gasteiger partial charge in [-0.15, -0.1) is 10.2 Å². The van der Waals surface area contributed by atoms with Crippen molar-refractivity contribution in [3.8, 4) is 0 Å². The number of carbonyl (C=O) groups is 1. The Bertz CT molecular complexity index is 575. The summed E-state index contributed by atoms with van der Waals surface area (Å²) < 4.78 is 5.99. The van der Waals surface area contributed by atoms with Crippen LogP contribution in [0.15, 0.2) is 27.2 Å². The number of rotatable bonds is 6. The van der Waals surface area contributed by atoms with E-state index in [0.29, 0.717) is 17.4 Å². The first kappa shape index (κ1) is 15.8. The smallest absolute Gasteiger partial charge is 0.230 e. The van der Waals surface area contributed by atoms with E-state index in [1.54, 1.807) is 6.26 Å². The van der Waals surface area contributed by atoms with Crippen molar-refractivity contribution in [2.45, 2.75) is 37.2 Å². The molecule has 0 bridgehead atoms. The zero-order valence-electron chi connectivity index (χ0n) is 12.2. The van der Waals surface area contributed by atoms with E-state index in [1.807, 2.05) is 32.9 Å². The summed E-state index contributed by atoms with van der Waals surface area (Å²) in [4.78, 5) is 11.7. The Morgan fingerprint density at radius 1 is 1.43 bits per heavy atom. The predicted octanol–water partition coefficient (Wildman–Crippen LogP) is 2.75. The standard InChI is InChI=1S/C13H18N4O2S2/c1-13(2,3)15-10(18)8-20-12-17-16-11(21-12)14-7-9-5-4-6-19-9/h4-6H,7-8H2,1-3H3,(H,14,16)(H,15,18). The van der Waals surface area contributed by atoms with Crippen LogP contribution in [0.3, 0.4) is 0 Å². The highest BCUT2D eigenvalue weighted by atomic mass is 32.2. The van der Waals surface area contributed by atoms with Gasteiger partial charge in [0, 0.05) is 5.54 Å². The molecule has 0 aliphatic heterocycles. The molecule has 0 aliphatic rings. The number of carbonyl (C=O) groups excluding carboxylic acids is 1. The highest BCUT2D eigenvalue weighted by Gasteiger charge is 2.14. The number of aromatic nitrogens is 2. The van der Waals surface area contributed by atoms with Crippen molar-refractivity contribution < 1.29 is 9.21 Å². The first-order valence-electron chi connectivity index (χ1n) is 6.46. The Hall–Kier alpha value is -1.54. The maximum absolute atomic E-state index is 11.7. The van der Waals surface area contributed by atoms with Crippen LogP contribution < -0.4 is 10.6 Å². The first-order valence-corrected chi connectivity index (χ1v) is 8.26. The fourth-order valence-electron chi connectivity index (χ4n) is 1.50. The van der Waals surface area contributed by atoms with Crippen molar-refractivity contribution in [3.05, 3.63) is 24.2 Å². The molecule has 0 saturated heterocycles. The number of nitrogens with zero attached hydrogens (tertiary/aromatic N) is 2. The molecule has 2 N–H and O–H groups in total. The predicted molar refractivity (Wildman–Crippen MR) is 84.6 cm³/mol. The van der Waals surface area contributed by atoms with Gasteiger partial charge in [-0.2, -0.15) is 0 Å². The molecule has 21 heavy (non-hydrogen) atoms. The molecule has 0 fully saturated rings. The quantitative estimate of drug-likeness (QED) is 0.795. The molecule has 6 nitrogen and oxygen atoms in total. The van der Waals surface area contributed by atoms with E-state index in [1.165, 1.54) is 23.1 Å². The van der Waals surface area contributed by atoms with E-state index < -0.39 is 0 Å². The van der Waals surface area contributed by atoms with E-state index in [2.05, 4.69) is 20.8 Å². The number of hydrogen-bond acceptors (Lipinski definition) is 7. The molecule has 2 aromatic rings. The summed E-state index contributed by atoms with van der Waals surface area (Å²) >= 11 is 2.81. The lowest BCUT2D eigenvalue weighted by Gasteiger charge is -2.19. The van der Waals surface area contributed by atoms with Crippen LogP contribution in [0.5, 0.6) is 0 Å². The summed E-state index contributed by atoms with van der Waals surface area (Å²) in [7, 11) is 0. The van der Waals surface area contributed by atoms with E-state index in [9.17, 15) is 4.79 Å². The van der Waals surface area contributed by atoms with Crippen LogP contribution in [-0.4, -0.2) is 27.4 Å².